The van der Waals surface area contributed by atoms with E-state index in [1.807, 2.05) is 25.1 Å². The van der Waals surface area contributed by atoms with Crippen molar-refractivity contribution in [3.05, 3.63) is 48.0 Å². The number of thioether (sulfide) groups is 1. The number of nitrogens with one attached hydrogen (secondary N) is 2. The van der Waals surface area contributed by atoms with Crippen LogP contribution in [0.15, 0.2) is 52.3 Å². The molecule has 1 unspecified atom stereocenters. The Morgan fingerprint density at radius 1 is 1.26 bits per heavy atom. The summed E-state index contributed by atoms with van der Waals surface area (Å²) in [4.78, 5) is 26.1. The smallest absolute Gasteiger partial charge is 0.255 e. The third kappa shape index (κ3) is 3.54. The molecule has 0 radical (unpaired) electrons. The minimum atomic E-state index is -0.212. The number of thiol groups is 1. The van der Waals surface area contributed by atoms with Gasteiger partial charge in [0.05, 0.1) is 10.9 Å². The molecule has 2 N–H and O–H groups in total. The van der Waals surface area contributed by atoms with Gasteiger partial charge in [-0.05, 0) is 48.9 Å². The zero-order chi connectivity index (χ0) is 16.4. The van der Waals surface area contributed by atoms with E-state index in [0.717, 1.165) is 16.2 Å². The molecule has 6 heteroatoms. The van der Waals surface area contributed by atoms with Crippen LogP contribution in [0.1, 0.15) is 23.7 Å². The number of amides is 2. The van der Waals surface area contributed by atoms with Gasteiger partial charge in [0, 0.05) is 21.0 Å². The average molecular weight is 344 g/mol. The molecule has 0 fully saturated rings. The summed E-state index contributed by atoms with van der Waals surface area (Å²) in [7, 11) is 0. The van der Waals surface area contributed by atoms with E-state index < -0.39 is 0 Å². The predicted molar refractivity (Wildman–Crippen MR) is 96.7 cm³/mol. The van der Waals surface area contributed by atoms with E-state index in [-0.39, 0.29) is 17.1 Å². The second kappa shape index (κ2) is 6.68. The van der Waals surface area contributed by atoms with Crippen LogP contribution < -0.4 is 10.6 Å². The molecule has 0 saturated heterocycles. The molecule has 0 aliphatic carbocycles. The van der Waals surface area contributed by atoms with Gasteiger partial charge in [-0.3, -0.25) is 9.59 Å². The van der Waals surface area contributed by atoms with Crippen molar-refractivity contribution in [3.8, 4) is 0 Å². The summed E-state index contributed by atoms with van der Waals surface area (Å²) in [6, 6.07) is 12.6. The molecule has 2 aromatic carbocycles. The van der Waals surface area contributed by atoms with Crippen molar-refractivity contribution in [1.29, 1.82) is 0 Å². The molecule has 1 heterocycles. The van der Waals surface area contributed by atoms with Gasteiger partial charge in [0.2, 0.25) is 5.91 Å². The Hall–Kier alpha value is -1.92. The molecule has 0 aromatic heterocycles. The second-order valence-electron chi connectivity index (χ2n) is 5.22. The van der Waals surface area contributed by atoms with Crippen LogP contribution in [0.5, 0.6) is 0 Å². The molecule has 2 aromatic rings. The summed E-state index contributed by atoms with van der Waals surface area (Å²) in [6.45, 7) is 1.99. The normalized spacial score (nSPS) is 16.4. The van der Waals surface area contributed by atoms with E-state index in [2.05, 4.69) is 23.3 Å². The van der Waals surface area contributed by atoms with Gasteiger partial charge in [0.25, 0.3) is 5.91 Å². The first-order valence-electron chi connectivity index (χ1n) is 7.29. The van der Waals surface area contributed by atoms with Crippen LogP contribution in [0, 0.1) is 0 Å². The third-order valence-electron chi connectivity index (χ3n) is 3.56. The quantitative estimate of drug-likeness (QED) is 0.736. The molecule has 1 aliphatic rings. The van der Waals surface area contributed by atoms with Gasteiger partial charge in [0.1, 0.15) is 0 Å². The Bertz CT molecular complexity index is 760. The number of benzene rings is 2. The number of hydrogen-bond donors (Lipinski definition) is 3. The Balaban J connectivity index is 1.79. The van der Waals surface area contributed by atoms with Gasteiger partial charge in [0.15, 0.2) is 0 Å². The topological polar surface area (TPSA) is 58.2 Å². The predicted octanol–water partition coefficient (Wildman–Crippen LogP) is 4.05. The number of fused-ring (bicyclic) bond motifs is 1. The number of anilines is 2. The molecule has 1 aliphatic heterocycles. The highest BCUT2D eigenvalue weighted by Gasteiger charge is 2.25. The lowest BCUT2D eigenvalue weighted by Gasteiger charge is -2.23. The average Bonchev–Trinajstić information content (AvgIpc) is 2.55. The first-order chi connectivity index (χ1) is 11.1. The second-order valence-corrected chi connectivity index (χ2v) is 6.98. The molecule has 1 atom stereocenters. The summed E-state index contributed by atoms with van der Waals surface area (Å²) < 4.78 is 0. The minimum Gasteiger partial charge on any atom is -0.324 e. The van der Waals surface area contributed by atoms with Crippen molar-refractivity contribution in [2.75, 3.05) is 10.6 Å². The van der Waals surface area contributed by atoms with Gasteiger partial charge in [-0.2, -0.15) is 0 Å². The van der Waals surface area contributed by atoms with Gasteiger partial charge >= 0.3 is 0 Å². The van der Waals surface area contributed by atoms with E-state index in [9.17, 15) is 9.59 Å². The van der Waals surface area contributed by atoms with E-state index in [0.29, 0.717) is 16.9 Å². The highest BCUT2D eigenvalue weighted by atomic mass is 32.2. The number of hydrogen-bond acceptors (Lipinski definition) is 4. The Morgan fingerprint density at radius 3 is 2.70 bits per heavy atom. The summed E-state index contributed by atoms with van der Waals surface area (Å²) in [6.07, 6.45) is 0.777. The molecule has 118 valence electrons. The maximum atomic E-state index is 12.3. The Morgan fingerprint density at radius 2 is 2.00 bits per heavy atom. The molecule has 4 nitrogen and oxygen atoms in total. The minimum absolute atomic E-state index is 0.00748. The van der Waals surface area contributed by atoms with Crippen molar-refractivity contribution >= 4 is 47.6 Å². The summed E-state index contributed by atoms with van der Waals surface area (Å²) in [5.74, 6) is -0.219. The first-order valence-corrected chi connectivity index (χ1v) is 8.61. The summed E-state index contributed by atoms with van der Waals surface area (Å²) in [5.41, 5.74) is 1.91. The fourth-order valence-corrected chi connectivity index (χ4v) is 3.48. The monoisotopic (exact) mass is 344 g/mol. The molecule has 3 rings (SSSR count). The molecular formula is C17H16N2O2S2. The number of carbonyl (C=O) groups excluding carboxylic acids is 2. The van der Waals surface area contributed by atoms with E-state index in [1.54, 1.807) is 24.3 Å². The maximum Gasteiger partial charge on any atom is 0.255 e. The molecule has 23 heavy (non-hydrogen) atoms. The van der Waals surface area contributed by atoms with Gasteiger partial charge in [-0.15, -0.1) is 24.4 Å². The van der Waals surface area contributed by atoms with Gasteiger partial charge in [-0.1, -0.05) is 6.92 Å². The summed E-state index contributed by atoms with van der Waals surface area (Å²) in [5, 5.41) is 5.64. The zero-order valence-corrected chi connectivity index (χ0v) is 14.2. The Kier molecular flexibility index (Phi) is 4.63. The standard InChI is InChI=1S/C17H16N2O2S2/c1-2-14-17(21)19-13-9-10(3-8-15(13)23-14)16(20)18-11-4-6-12(22)7-5-11/h3-9,14,22H,2H2,1H3,(H,18,20)(H,19,21). The van der Waals surface area contributed by atoms with Crippen LogP contribution in [-0.2, 0) is 4.79 Å². The maximum absolute atomic E-state index is 12.3. The highest BCUT2D eigenvalue weighted by molar-refractivity contribution is 8.01. The van der Waals surface area contributed by atoms with Crippen molar-refractivity contribution < 1.29 is 9.59 Å². The van der Waals surface area contributed by atoms with Crippen molar-refractivity contribution in [2.45, 2.75) is 28.4 Å². The van der Waals surface area contributed by atoms with Gasteiger partial charge in [-0.25, -0.2) is 0 Å². The van der Waals surface area contributed by atoms with Gasteiger partial charge < -0.3 is 10.6 Å². The van der Waals surface area contributed by atoms with Crippen molar-refractivity contribution in [2.24, 2.45) is 0 Å². The number of rotatable bonds is 3. The van der Waals surface area contributed by atoms with Crippen LogP contribution in [-0.4, -0.2) is 17.1 Å². The fraction of sp³-hybridized carbons (Fsp3) is 0.176. The van der Waals surface area contributed by atoms with Crippen LogP contribution in [0.2, 0.25) is 0 Å². The van der Waals surface area contributed by atoms with Crippen LogP contribution >= 0.6 is 24.4 Å². The van der Waals surface area contributed by atoms with E-state index >= 15 is 0 Å². The van der Waals surface area contributed by atoms with E-state index in [4.69, 9.17) is 0 Å². The largest absolute Gasteiger partial charge is 0.324 e. The molecule has 0 saturated carbocycles. The first kappa shape index (κ1) is 16.0. The lowest BCUT2D eigenvalue weighted by Crippen LogP contribution is -2.28. The van der Waals surface area contributed by atoms with Crippen molar-refractivity contribution in [1.82, 2.24) is 0 Å². The van der Waals surface area contributed by atoms with Crippen LogP contribution in [0.25, 0.3) is 0 Å². The third-order valence-corrected chi connectivity index (χ3v) is 5.30. The van der Waals surface area contributed by atoms with Crippen LogP contribution in [0.3, 0.4) is 0 Å². The van der Waals surface area contributed by atoms with E-state index in [1.165, 1.54) is 11.8 Å². The molecule has 0 spiro atoms. The Labute approximate surface area is 144 Å². The fourth-order valence-electron chi connectivity index (χ4n) is 2.31. The van der Waals surface area contributed by atoms with Crippen LogP contribution in [0.4, 0.5) is 11.4 Å². The molecular weight excluding hydrogens is 328 g/mol. The zero-order valence-electron chi connectivity index (χ0n) is 12.5. The molecule has 2 amide bonds. The number of carbonyl (C=O) groups is 2. The van der Waals surface area contributed by atoms with Crippen molar-refractivity contribution in [3.63, 3.8) is 0 Å². The lowest BCUT2D eigenvalue weighted by atomic mass is 10.1. The SMILES string of the molecule is CCC1Sc2ccc(C(=O)Nc3ccc(S)cc3)cc2NC1=O. The summed E-state index contributed by atoms with van der Waals surface area (Å²) >= 11 is 5.75. The highest BCUT2D eigenvalue weighted by Crippen LogP contribution is 2.37. The molecule has 0 bridgehead atoms. The lowest BCUT2D eigenvalue weighted by molar-refractivity contribution is -0.115.